The number of hydrogen-bond acceptors (Lipinski definition) is 2. The average molecular weight is 202 g/mol. The minimum absolute atomic E-state index is 0.0130. The summed E-state index contributed by atoms with van der Waals surface area (Å²) in [5.41, 5.74) is 4.83. The molecule has 1 aliphatic rings. The molecule has 0 radical (unpaired) electrons. The SMILES string of the molecule is CC(C1=NNC(=O)CC1)c1ccccc1. The highest BCUT2D eigenvalue weighted by Gasteiger charge is 2.18. The molecule has 1 N–H and O–H groups in total. The standard InChI is InChI=1S/C12H14N2O/c1-9(10-5-3-2-4-6-10)11-7-8-12(15)14-13-11/h2-6,9H,7-8H2,1H3,(H,14,15). The van der Waals surface area contributed by atoms with Crippen LogP contribution in [0, 0.1) is 0 Å². The molecule has 15 heavy (non-hydrogen) atoms. The minimum Gasteiger partial charge on any atom is -0.273 e. The van der Waals surface area contributed by atoms with E-state index in [0.717, 1.165) is 12.1 Å². The van der Waals surface area contributed by atoms with Crippen LogP contribution in [-0.4, -0.2) is 11.6 Å². The number of nitrogens with zero attached hydrogens (tertiary/aromatic N) is 1. The number of nitrogens with one attached hydrogen (secondary N) is 1. The van der Waals surface area contributed by atoms with Gasteiger partial charge in [0.25, 0.3) is 0 Å². The first-order valence-corrected chi connectivity index (χ1v) is 5.17. The van der Waals surface area contributed by atoms with Crippen LogP contribution in [0.15, 0.2) is 35.4 Å². The van der Waals surface area contributed by atoms with E-state index in [1.807, 2.05) is 18.2 Å². The van der Waals surface area contributed by atoms with Crippen molar-refractivity contribution in [1.82, 2.24) is 5.43 Å². The summed E-state index contributed by atoms with van der Waals surface area (Å²) >= 11 is 0. The normalized spacial score (nSPS) is 17.9. The maximum atomic E-state index is 10.9. The van der Waals surface area contributed by atoms with Crippen molar-refractivity contribution < 1.29 is 4.79 Å². The van der Waals surface area contributed by atoms with Gasteiger partial charge < -0.3 is 0 Å². The van der Waals surface area contributed by atoms with E-state index in [2.05, 4.69) is 29.6 Å². The summed E-state index contributed by atoms with van der Waals surface area (Å²) in [7, 11) is 0. The fraction of sp³-hybridized carbons (Fsp3) is 0.333. The highest BCUT2D eigenvalue weighted by atomic mass is 16.2. The second kappa shape index (κ2) is 4.26. The topological polar surface area (TPSA) is 41.5 Å². The smallest absolute Gasteiger partial charge is 0.240 e. The van der Waals surface area contributed by atoms with Crippen LogP contribution in [0.3, 0.4) is 0 Å². The van der Waals surface area contributed by atoms with Crippen LogP contribution in [0.5, 0.6) is 0 Å². The summed E-state index contributed by atoms with van der Waals surface area (Å²) in [5.74, 6) is 0.297. The Morgan fingerprint density at radius 3 is 2.60 bits per heavy atom. The molecule has 3 heteroatoms. The van der Waals surface area contributed by atoms with E-state index in [0.29, 0.717) is 6.42 Å². The van der Waals surface area contributed by atoms with Crippen molar-refractivity contribution in [2.45, 2.75) is 25.7 Å². The van der Waals surface area contributed by atoms with Gasteiger partial charge in [0.1, 0.15) is 0 Å². The van der Waals surface area contributed by atoms with E-state index in [9.17, 15) is 4.79 Å². The van der Waals surface area contributed by atoms with Gasteiger partial charge in [-0.15, -0.1) is 0 Å². The van der Waals surface area contributed by atoms with Crippen molar-refractivity contribution in [2.75, 3.05) is 0 Å². The number of hydrogen-bond donors (Lipinski definition) is 1. The Kier molecular flexibility index (Phi) is 2.81. The van der Waals surface area contributed by atoms with Gasteiger partial charge in [0, 0.05) is 18.1 Å². The molecule has 0 fully saturated rings. The van der Waals surface area contributed by atoms with Crippen LogP contribution in [0.1, 0.15) is 31.2 Å². The minimum atomic E-state index is 0.0130. The molecule has 3 nitrogen and oxygen atoms in total. The maximum absolute atomic E-state index is 10.9. The highest BCUT2D eigenvalue weighted by Crippen LogP contribution is 2.20. The van der Waals surface area contributed by atoms with Crippen LogP contribution in [0.2, 0.25) is 0 Å². The third-order valence-electron chi connectivity index (χ3n) is 2.73. The fourth-order valence-corrected chi connectivity index (χ4v) is 1.73. The molecule has 0 spiro atoms. The van der Waals surface area contributed by atoms with Gasteiger partial charge in [0.05, 0.1) is 0 Å². The zero-order valence-electron chi connectivity index (χ0n) is 8.73. The second-order valence-corrected chi connectivity index (χ2v) is 3.77. The lowest BCUT2D eigenvalue weighted by molar-refractivity contribution is -0.121. The molecule has 0 aromatic heterocycles. The molecule has 78 valence electrons. The quantitative estimate of drug-likeness (QED) is 0.783. The van der Waals surface area contributed by atoms with E-state index in [1.54, 1.807) is 0 Å². The predicted octanol–water partition coefficient (Wildman–Crippen LogP) is 2.06. The van der Waals surface area contributed by atoms with Crippen LogP contribution in [0.25, 0.3) is 0 Å². The van der Waals surface area contributed by atoms with Gasteiger partial charge >= 0.3 is 0 Å². The van der Waals surface area contributed by atoms with E-state index in [4.69, 9.17) is 0 Å². The maximum Gasteiger partial charge on any atom is 0.240 e. The lowest BCUT2D eigenvalue weighted by Crippen LogP contribution is -2.27. The zero-order valence-corrected chi connectivity index (χ0v) is 8.73. The van der Waals surface area contributed by atoms with Gasteiger partial charge in [-0.25, -0.2) is 5.43 Å². The Morgan fingerprint density at radius 1 is 1.27 bits per heavy atom. The van der Waals surface area contributed by atoms with Gasteiger partial charge in [-0.2, -0.15) is 5.10 Å². The summed E-state index contributed by atoms with van der Waals surface area (Å²) in [5, 5.41) is 4.10. The molecule has 0 saturated carbocycles. The highest BCUT2D eigenvalue weighted by molar-refractivity contribution is 5.96. The van der Waals surface area contributed by atoms with E-state index >= 15 is 0 Å². The molecule has 0 bridgehead atoms. The summed E-state index contributed by atoms with van der Waals surface area (Å²) in [6.07, 6.45) is 1.32. The number of amides is 1. The first-order valence-electron chi connectivity index (χ1n) is 5.17. The van der Waals surface area contributed by atoms with Crippen molar-refractivity contribution in [1.29, 1.82) is 0 Å². The Morgan fingerprint density at radius 2 is 2.00 bits per heavy atom. The number of benzene rings is 1. The third kappa shape index (κ3) is 2.24. The molecule has 1 aromatic carbocycles. The van der Waals surface area contributed by atoms with Crippen molar-refractivity contribution in [2.24, 2.45) is 5.10 Å². The lowest BCUT2D eigenvalue weighted by atomic mass is 9.93. The molecule has 1 aliphatic heterocycles. The van der Waals surface area contributed by atoms with Crippen LogP contribution in [-0.2, 0) is 4.79 Å². The van der Waals surface area contributed by atoms with Crippen LogP contribution >= 0.6 is 0 Å². The van der Waals surface area contributed by atoms with Crippen molar-refractivity contribution in [3.63, 3.8) is 0 Å². The molecule has 1 amide bonds. The summed E-state index contributed by atoms with van der Waals surface area (Å²) in [4.78, 5) is 10.9. The number of carbonyl (C=O) groups is 1. The Labute approximate surface area is 89.2 Å². The van der Waals surface area contributed by atoms with Gasteiger partial charge in [-0.05, 0) is 12.0 Å². The molecule has 1 unspecified atom stereocenters. The Balaban J connectivity index is 2.15. The molecule has 2 rings (SSSR count). The average Bonchev–Trinajstić information content (AvgIpc) is 2.30. The number of hydrazone groups is 1. The molecule has 1 heterocycles. The lowest BCUT2D eigenvalue weighted by Gasteiger charge is -2.18. The van der Waals surface area contributed by atoms with Gasteiger partial charge in [0.15, 0.2) is 0 Å². The summed E-state index contributed by atoms with van der Waals surface area (Å²) < 4.78 is 0. The van der Waals surface area contributed by atoms with Crippen LogP contribution < -0.4 is 5.43 Å². The molecule has 1 aromatic rings. The molecule has 0 aliphatic carbocycles. The fourth-order valence-electron chi connectivity index (χ4n) is 1.73. The van der Waals surface area contributed by atoms with Crippen molar-refractivity contribution in [3.05, 3.63) is 35.9 Å². The third-order valence-corrected chi connectivity index (χ3v) is 2.73. The Bertz CT molecular complexity index is 384. The number of rotatable bonds is 2. The van der Waals surface area contributed by atoms with Gasteiger partial charge in [0.2, 0.25) is 5.91 Å². The molecular weight excluding hydrogens is 188 g/mol. The monoisotopic (exact) mass is 202 g/mol. The molecule has 0 saturated heterocycles. The molecular formula is C12H14N2O. The van der Waals surface area contributed by atoms with Gasteiger partial charge in [-0.1, -0.05) is 37.3 Å². The largest absolute Gasteiger partial charge is 0.273 e. The zero-order chi connectivity index (χ0) is 10.7. The van der Waals surface area contributed by atoms with E-state index < -0.39 is 0 Å². The van der Waals surface area contributed by atoms with Crippen LogP contribution in [0.4, 0.5) is 0 Å². The van der Waals surface area contributed by atoms with E-state index in [1.165, 1.54) is 5.56 Å². The second-order valence-electron chi connectivity index (χ2n) is 3.77. The summed E-state index contributed by atoms with van der Waals surface area (Å²) in [6, 6.07) is 10.2. The van der Waals surface area contributed by atoms with Crippen molar-refractivity contribution in [3.8, 4) is 0 Å². The first-order chi connectivity index (χ1) is 7.27. The van der Waals surface area contributed by atoms with Gasteiger partial charge in [-0.3, -0.25) is 4.79 Å². The first kappa shape index (κ1) is 9.90. The van der Waals surface area contributed by atoms with Crippen molar-refractivity contribution >= 4 is 11.6 Å². The number of carbonyl (C=O) groups excluding carboxylic acids is 1. The Hall–Kier alpha value is -1.64. The predicted molar refractivity (Wildman–Crippen MR) is 59.7 cm³/mol. The van der Waals surface area contributed by atoms with E-state index in [-0.39, 0.29) is 11.8 Å². The molecule has 1 atom stereocenters. The summed E-state index contributed by atoms with van der Waals surface area (Å²) in [6.45, 7) is 2.12.